The highest BCUT2D eigenvalue weighted by Crippen LogP contribution is 2.22. The van der Waals surface area contributed by atoms with E-state index in [9.17, 15) is 4.39 Å². The van der Waals surface area contributed by atoms with Crippen LogP contribution in [0.1, 0.15) is 39.3 Å². The summed E-state index contributed by atoms with van der Waals surface area (Å²) in [7, 11) is 0. The Morgan fingerprint density at radius 3 is 2.44 bits per heavy atom. The SMILES string of the molecule is CC1CN(c2cc(F)cc(C(C)C)n2)CC(C)O1. The molecule has 4 heteroatoms. The van der Waals surface area contributed by atoms with Gasteiger partial charge in [-0.2, -0.15) is 0 Å². The molecule has 2 heterocycles. The Kier molecular flexibility index (Phi) is 3.85. The lowest BCUT2D eigenvalue weighted by Crippen LogP contribution is -2.46. The van der Waals surface area contributed by atoms with E-state index in [-0.39, 0.29) is 23.9 Å². The summed E-state index contributed by atoms with van der Waals surface area (Å²) in [6.07, 6.45) is 0.308. The van der Waals surface area contributed by atoms with Crippen LogP contribution in [0, 0.1) is 5.82 Å². The van der Waals surface area contributed by atoms with E-state index >= 15 is 0 Å². The van der Waals surface area contributed by atoms with Gasteiger partial charge in [-0.25, -0.2) is 9.37 Å². The molecule has 1 fully saturated rings. The quantitative estimate of drug-likeness (QED) is 0.809. The van der Waals surface area contributed by atoms with Crippen LogP contribution in [-0.2, 0) is 4.74 Å². The summed E-state index contributed by atoms with van der Waals surface area (Å²) < 4.78 is 19.3. The van der Waals surface area contributed by atoms with Gasteiger partial charge < -0.3 is 9.64 Å². The van der Waals surface area contributed by atoms with Crippen molar-refractivity contribution < 1.29 is 9.13 Å². The van der Waals surface area contributed by atoms with Crippen molar-refractivity contribution in [1.29, 1.82) is 0 Å². The van der Waals surface area contributed by atoms with Gasteiger partial charge in [0.25, 0.3) is 0 Å². The average molecular weight is 252 g/mol. The molecular formula is C14H21FN2O. The highest BCUT2D eigenvalue weighted by Gasteiger charge is 2.23. The Labute approximate surface area is 108 Å². The number of ether oxygens (including phenoxy) is 1. The van der Waals surface area contributed by atoms with Crippen LogP contribution in [-0.4, -0.2) is 30.3 Å². The molecule has 0 aromatic carbocycles. The van der Waals surface area contributed by atoms with E-state index in [4.69, 9.17) is 4.74 Å². The Morgan fingerprint density at radius 1 is 1.28 bits per heavy atom. The number of halogens is 1. The van der Waals surface area contributed by atoms with E-state index in [1.165, 1.54) is 12.1 Å². The minimum Gasteiger partial charge on any atom is -0.372 e. The van der Waals surface area contributed by atoms with Gasteiger partial charge in [-0.1, -0.05) is 13.8 Å². The van der Waals surface area contributed by atoms with E-state index in [1.54, 1.807) is 0 Å². The van der Waals surface area contributed by atoms with Crippen molar-refractivity contribution in [2.24, 2.45) is 0 Å². The first-order valence-electron chi connectivity index (χ1n) is 6.53. The van der Waals surface area contributed by atoms with Crippen LogP contribution in [0.3, 0.4) is 0 Å². The van der Waals surface area contributed by atoms with E-state index in [0.717, 1.165) is 24.6 Å². The Balaban J connectivity index is 2.26. The first kappa shape index (κ1) is 13.3. The molecule has 1 aliphatic heterocycles. The van der Waals surface area contributed by atoms with Crippen LogP contribution < -0.4 is 4.90 Å². The molecule has 0 bridgehead atoms. The van der Waals surface area contributed by atoms with Crippen molar-refractivity contribution in [3.63, 3.8) is 0 Å². The van der Waals surface area contributed by atoms with Crippen molar-refractivity contribution in [2.75, 3.05) is 18.0 Å². The number of aromatic nitrogens is 1. The summed E-state index contributed by atoms with van der Waals surface area (Å²) >= 11 is 0. The second kappa shape index (κ2) is 5.22. The molecule has 2 rings (SSSR count). The Bertz CT molecular complexity index is 412. The topological polar surface area (TPSA) is 25.4 Å². The number of nitrogens with zero attached hydrogens (tertiary/aromatic N) is 2. The lowest BCUT2D eigenvalue weighted by molar-refractivity contribution is -0.00549. The standard InChI is InChI=1S/C14H21FN2O/c1-9(2)13-5-12(15)6-14(16-13)17-7-10(3)18-11(4)8-17/h5-6,9-11H,7-8H2,1-4H3. The normalized spacial score (nSPS) is 24.7. The molecule has 2 atom stereocenters. The van der Waals surface area contributed by atoms with Gasteiger partial charge >= 0.3 is 0 Å². The summed E-state index contributed by atoms with van der Waals surface area (Å²) in [6, 6.07) is 3.03. The fourth-order valence-corrected chi connectivity index (χ4v) is 2.33. The molecule has 1 saturated heterocycles. The predicted octanol–water partition coefficient (Wildman–Crippen LogP) is 2.96. The molecule has 0 N–H and O–H groups in total. The second-order valence-corrected chi connectivity index (χ2v) is 5.39. The van der Waals surface area contributed by atoms with Crippen LogP contribution >= 0.6 is 0 Å². The molecule has 18 heavy (non-hydrogen) atoms. The van der Waals surface area contributed by atoms with Crippen molar-refractivity contribution >= 4 is 5.82 Å². The molecule has 2 unspecified atom stereocenters. The maximum atomic E-state index is 13.6. The summed E-state index contributed by atoms with van der Waals surface area (Å²) in [5.74, 6) is 0.742. The van der Waals surface area contributed by atoms with Gasteiger partial charge in [0.15, 0.2) is 0 Å². The fraction of sp³-hybridized carbons (Fsp3) is 0.643. The Morgan fingerprint density at radius 2 is 1.89 bits per heavy atom. The number of pyridine rings is 1. The maximum absolute atomic E-state index is 13.6. The van der Waals surface area contributed by atoms with Gasteiger partial charge in [-0.05, 0) is 25.8 Å². The van der Waals surface area contributed by atoms with Crippen LogP contribution in [0.2, 0.25) is 0 Å². The molecule has 0 aliphatic carbocycles. The highest BCUT2D eigenvalue weighted by molar-refractivity contribution is 5.41. The van der Waals surface area contributed by atoms with Crippen molar-refractivity contribution in [1.82, 2.24) is 4.98 Å². The third kappa shape index (κ3) is 2.99. The minimum absolute atomic E-state index is 0.154. The monoisotopic (exact) mass is 252 g/mol. The Hall–Kier alpha value is -1.16. The molecule has 0 saturated carbocycles. The zero-order chi connectivity index (χ0) is 13.3. The largest absolute Gasteiger partial charge is 0.372 e. The predicted molar refractivity (Wildman–Crippen MR) is 70.5 cm³/mol. The second-order valence-electron chi connectivity index (χ2n) is 5.39. The molecular weight excluding hydrogens is 231 g/mol. The minimum atomic E-state index is -0.213. The number of anilines is 1. The van der Waals surface area contributed by atoms with Gasteiger partial charge in [0, 0.05) is 24.8 Å². The molecule has 0 amide bonds. The molecule has 1 aromatic heterocycles. The third-order valence-electron chi connectivity index (χ3n) is 3.13. The van der Waals surface area contributed by atoms with Gasteiger partial charge in [0.05, 0.1) is 12.2 Å². The molecule has 0 radical (unpaired) electrons. The first-order valence-corrected chi connectivity index (χ1v) is 6.53. The van der Waals surface area contributed by atoms with Crippen molar-refractivity contribution in [3.05, 3.63) is 23.6 Å². The zero-order valence-corrected chi connectivity index (χ0v) is 11.5. The van der Waals surface area contributed by atoms with E-state index < -0.39 is 0 Å². The van der Waals surface area contributed by atoms with Crippen LogP contribution in [0.25, 0.3) is 0 Å². The van der Waals surface area contributed by atoms with Crippen LogP contribution in [0.5, 0.6) is 0 Å². The number of hydrogen-bond donors (Lipinski definition) is 0. The summed E-state index contributed by atoms with van der Waals surface area (Å²) in [6.45, 7) is 9.64. The smallest absolute Gasteiger partial charge is 0.131 e. The van der Waals surface area contributed by atoms with E-state index in [1.807, 2.05) is 27.7 Å². The van der Waals surface area contributed by atoms with E-state index in [0.29, 0.717) is 0 Å². The van der Waals surface area contributed by atoms with Crippen LogP contribution in [0.4, 0.5) is 10.2 Å². The molecule has 1 aromatic rings. The highest BCUT2D eigenvalue weighted by atomic mass is 19.1. The average Bonchev–Trinajstić information content (AvgIpc) is 2.26. The summed E-state index contributed by atoms with van der Waals surface area (Å²) in [5.41, 5.74) is 0.803. The number of rotatable bonds is 2. The summed E-state index contributed by atoms with van der Waals surface area (Å²) in [5, 5.41) is 0. The van der Waals surface area contributed by atoms with Gasteiger partial charge in [0.1, 0.15) is 11.6 Å². The van der Waals surface area contributed by atoms with Crippen LogP contribution in [0.15, 0.2) is 12.1 Å². The van der Waals surface area contributed by atoms with Gasteiger partial charge in [-0.3, -0.25) is 0 Å². The number of hydrogen-bond acceptors (Lipinski definition) is 3. The molecule has 0 spiro atoms. The fourth-order valence-electron chi connectivity index (χ4n) is 2.33. The molecule has 100 valence electrons. The zero-order valence-electron chi connectivity index (χ0n) is 11.5. The van der Waals surface area contributed by atoms with Gasteiger partial charge in [-0.15, -0.1) is 0 Å². The lowest BCUT2D eigenvalue weighted by atomic mass is 10.1. The molecule has 3 nitrogen and oxygen atoms in total. The van der Waals surface area contributed by atoms with E-state index in [2.05, 4.69) is 9.88 Å². The van der Waals surface area contributed by atoms with Crippen molar-refractivity contribution in [2.45, 2.75) is 45.8 Å². The maximum Gasteiger partial charge on any atom is 0.131 e. The number of morpholine rings is 1. The summed E-state index contributed by atoms with van der Waals surface area (Å²) in [4.78, 5) is 6.66. The lowest BCUT2D eigenvalue weighted by Gasteiger charge is -2.36. The third-order valence-corrected chi connectivity index (χ3v) is 3.13. The van der Waals surface area contributed by atoms with Crippen molar-refractivity contribution in [3.8, 4) is 0 Å². The van der Waals surface area contributed by atoms with Gasteiger partial charge in [0.2, 0.25) is 0 Å². The molecule has 1 aliphatic rings. The first-order chi connectivity index (χ1) is 8.45.